The van der Waals surface area contributed by atoms with Gasteiger partial charge in [0.15, 0.2) is 0 Å². The number of hydrogen-bond donors (Lipinski definition) is 0. The monoisotopic (exact) mass is 507 g/mol. The molecule has 1 heterocycles. The van der Waals surface area contributed by atoms with E-state index in [1.54, 1.807) is 0 Å². The van der Waals surface area contributed by atoms with Crippen molar-refractivity contribution in [3.63, 3.8) is 0 Å². The first-order valence-electron chi connectivity index (χ1n) is 13.1. The molecule has 0 bridgehead atoms. The topological polar surface area (TPSA) is 38.5 Å². The lowest BCUT2D eigenvalue weighted by molar-refractivity contribution is -0.155. The molecule has 36 heavy (non-hydrogen) atoms. The molecule has 4 nitrogen and oxygen atoms in total. The molecule has 3 atom stereocenters. The molecule has 1 unspecified atom stereocenters. The second-order valence-electron chi connectivity index (χ2n) is 13.0. The van der Waals surface area contributed by atoms with Crippen molar-refractivity contribution in [3.8, 4) is 0 Å². The second kappa shape index (κ2) is 10.6. The zero-order chi connectivity index (χ0) is 26.8. The first-order chi connectivity index (χ1) is 16.7. The van der Waals surface area contributed by atoms with E-state index in [1.807, 2.05) is 20.8 Å². The van der Waals surface area contributed by atoms with Crippen LogP contribution < -0.4 is 10.4 Å². The van der Waals surface area contributed by atoms with Crippen LogP contribution in [0.5, 0.6) is 0 Å². The molecule has 1 aliphatic rings. The quantitative estimate of drug-likeness (QED) is 0.203. The number of carbonyl (C=O) groups excluding carboxylic acids is 1. The molecule has 5 heteroatoms. The number of ether oxygens (including phenoxy) is 1. The van der Waals surface area contributed by atoms with Gasteiger partial charge in [-0.05, 0) is 41.6 Å². The van der Waals surface area contributed by atoms with Gasteiger partial charge < -0.3 is 9.16 Å². The number of hydrogen-bond acceptors (Lipinski definition) is 4. The van der Waals surface area contributed by atoms with Crippen molar-refractivity contribution in [1.82, 2.24) is 4.90 Å². The Morgan fingerprint density at radius 1 is 0.861 bits per heavy atom. The fourth-order valence-corrected chi connectivity index (χ4v) is 9.88. The molecule has 0 saturated carbocycles. The first-order valence-corrected chi connectivity index (χ1v) is 15.0. The van der Waals surface area contributed by atoms with Gasteiger partial charge in [-0.25, -0.2) is 0 Å². The summed E-state index contributed by atoms with van der Waals surface area (Å²) in [5.74, 6) is -0.170. The van der Waals surface area contributed by atoms with Gasteiger partial charge in [-0.3, -0.25) is 9.69 Å². The van der Waals surface area contributed by atoms with Crippen LogP contribution in [0.15, 0.2) is 72.8 Å². The molecule has 0 N–H and O–H groups in total. The Labute approximate surface area is 219 Å². The predicted molar refractivity (Wildman–Crippen MR) is 152 cm³/mol. The minimum absolute atomic E-state index is 0.0557. The summed E-state index contributed by atoms with van der Waals surface area (Å²) in [5.41, 5.74) is -0.408. The highest BCUT2D eigenvalue weighted by Gasteiger charge is 2.53. The summed E-state index contributed by atoms with van der Waals surface area (Å²) in [4.78, 5) is 14.7. The van der Waals surface area contributed by atoms with E-state index in [1.165, 1.54) is 10.4 Å². The third-order valence-electron chi connectivity index (χ3n) is 6.74. The molecule has 2 aromatic rings. The first kappa shape index (κ1) is 28.4. The number of nitrogens with zero attached hydrogens (tertiary/aromatic N) is 1. The zero-order valence-corrected chi connectivity index (χ0v) is 24.7. The molecular weight excluding hydrogens is 462 g/mol. The molecule has 2 aromatic carbocycles. The minimum atomic E-state index is -2.56. The highest BCUT2D eigenvalue weighted by atomic mass is 28.4. The summed E-state index contributed by atoms with van der Waals surface area (Å²) in [6.45, 7) is 20.1. The molecule has 0 spiro atoms. The molecule has 1 aliphatic heterocycles. The molecule has 0 amide bonds. The van der Waals surface area contributed by atoms with Crippen LogP contribution in [0.25, 0.3) is 0 Å². The summed E-state index contributed by atoms with van der Waals surface area (Å²) >= 11 is 0. The van der Waals surface area contributed by atoms with Gasteiger partial charge >= 0.3 is 5.97 Å². The van der Waals surface area contributed by atoms with E-state index in [-0.39, 0.29) is 22.5 Å². The summed E-state index contributed by atoms with van der Waals surface area (Å²) in [6.07, 6.45) is 4.37. The number of rotatable bonds is 8. The van der Waals surface area contributed by atoms with Crippen LogP contribution in [0.3, 0.4) is 0 Å². The Kier molecular flexibility index (Phi) is 8.39. The van der Waals surface area contributed by atoms with E-state index >= 15 is 0 Å². The lowest BCUT2D eigenvalue weighted by Gasteiger charge is -2.42. The number of benzene rings is 2. The fourth-order valence-electron chi connectivity index (χ4n) is 5.38. The zero-order valence-electron chi connectivity index (χ0n) is 23.7. The van der Waals surface area contributed by atoms with Crippen molar-refractivity contribution in [2.45, 2.75) is 85.0 Å². The Balaban J connectivity index is 1.81. The second-order valence-corrected chi connectivity index (χ2v) is 17.3. The number of carbonyl (C=O) groups is 1. The van der Waals surface area contributed by atoms with Crippen LogP contribution in [-0.4, -0.2) is 50.0 Å². The van der Waals surface area contributed by atoms with Crippen LogP contribution in [0.2, 0.25) is 5.04 Å². The lowest BCUT2D eigenvalue weighted by Crippen LogP contribution is -2.66. The standard InChI is InChI=1S/C31H45NO3Si/c1-29(2,3)28-26(32(28)23-27(33)35-30(4,5)6)21-16-22-34-36(31(7,8)9,24-17-12-10-13-18-24)25-19-14-11-15-20-25/h10-21,26,28H,22-23H2,1-9H3/b21-16-/t26-,28+,32?/m1/s1. The van der Waals surface area contributed by atoms with Crippen molar-refractivity contribution >= 4 is 24.7 Å². The highest BCUT2D eigenvalue weighted by molar-refractivity contribution is 6.99. The van der Waals surface area contributed by atoms with Gasteiger partial charge in [0.1, 0.15) is 5.60 Å². The van der Waals surface area contributed by atoms with Gasteiger partial charge in [0, 0.05) is 12.1 Å². The van der Waals surface area contributed by atoms with E-state index in [9.17, 15) is 4.79 Å². The average Bonchev–Trinajstić information content (AvgIpc) is 3.45. The van der Waals surface area contributed by atoms with Crippen LogP contribution in [0.1, 0.15) is 62.3 Å². The number of esters is 1. The van der Waals surface area contributed by atoms with Gasteiger partial charge in [-0.2, -0.15) is 0 Å². The molecule has 0 radical (unpaired) electrons. The molecule has 1 fully saturated rings. The van der Waals surface area contributed by atoms with E-state index in [0.717, 1.165) is 0 Å². The van der Waals surface area contributed by atoms with Crippen molar-refractivity contribution in [2.24, 2.45) is 5.41 Å². The molecular formula is C31H45NO3Si. The summed E-state index contributed by atoms with van der Waals surface area (Å²) in [5, 5.41) is 2.50. The largest absolute Gasteiger partial charge is 0.459 e. The van der Waals surface area contributed by atoms with Crippen LogP contribution >= 0.6 is 0 Å². The maximum absolute atomic E-state index is 12.5. The summed E-state index contributed by atoms with van der Waals surface area (Å²) in [7, 11) is -2.56. The third kappa shape index (κ3) is 6.56. The Hall–Kier alpha value is -2.21. The minimum Gasteiger partial charge on any atom is -0.459 e. The molecule has 0 aromatic heterocycles. The SMILES string of the molecule is CC(C)(C)OC(=O)CN1[C@H](/C=C\CO[Si](c2ccccc2)(c2ccccc2)C(C)(C)C)[C@H]1C(C)(C)C. The van der Waals surface area contributed by atoms with Gasteiger partial charge in [-0.1, -0.05) is 114 Å². The highest BCUT2D eigenvalue weighted by Crippen LogP contribution is 2.42. The lowest BCUT2D eigenvalue weighted by atomic mass is 9.90. The smallest absolute Gasteiger partial charge is 0.320 e. The van der Waals surface area contributed by atoms with Crippen LogP contribution in [0, 0.1) is 5.41 Å². The van der Waals surface area contributed by atoms with Crippen molar-refractivity contribution in [3.05, 3.63) is 72.8 Å². The van der Waals surface area contributed by atoms with Gasteiger partial charge in [0.2, 0.25) is 0 Å². The summed E-state index contributed by atoms with van der Waals surface area (Å²) < 4.78 is 12.6. The maximum Gasteiger partial charge on any atom is 0.320 e. The molecule has 3 rings (SSSR count). The molecule has 196 valence electrons. The molecule has 1 saturated heterocycles. The van der Waals surface area contributed by atoms with Gasteiger partial charge in [0.25, 0.3) is 8.32 Å². The van der Waals surface area contributed by atoms with Crippen molar-refractivity contribution in [1.29, 1.82) is 0 Å². The Morgan fingerprint density at radius 3 is 1.78 bits per heavy atom. The van der Waals surface area contributed by atoms with Crippen molar-refractivity contribution in [2.75, 3.05) is 13.2 Å². The Bertz CT molecular complexity index is 990. The van der Waals surface area contributed by atoms with Gasteiger partial charge in [0.05, 0.1) is 13.2 Å². The summed E-state index contributed by atoms with van der Waals surface area (Å²) in [6, 6.07) is 21.9. The maximum atomic E-state index is 12.5. The Morgan fingerprint density at radius 2 is 1.36 bits per heavy atom. The molecule has 0 aliphatic carbocycles. The van der Waals surface area contributed by atoms with E-state index in [4.69, 9.17) is 9.16 Å². The van der Waals surface area contributed by atoms with E-state index in [2.05, 4.69) is 119 Å². The van der Waals surface area contributed by atoms with Crippen LogP contribution in [-0.2, 0) is 14.0 Å². The van der Waals surface area contributed by atoms with E-state index < -0.39 is 13.9 Å². The van der Waals surface area contributed by atoms with Gasteiger partial charge in [-0.15, -0.1) is 0 Å². The fraction of sp³-hybridized carbons (Fsp3) is 0.516. The van der Waals surface area contributed by atoms with Crippen molar-refractivity contribution < 1.29 is 14.0 Å². The average molecular weight is 508 g/mol. The predicted octanol–water partition coefficient (Wildman–Crippen LogP) is 5.56. The third-order valence-corrected chi connectivity index (χ3v) is 11.7. The van der Waals surface area contributed by atoms with Crippen LogP contribution in [0.4, 0.5) is 0 Å². The normalized spacial score (nSPS) is 21.0. The van der Waals surface area contributed by atoms with E-state index in [0.29, 0.717) is 19.2 Å².